The monoisotopic (exact) mass is 373 g/mol. The maximum atomic E-state index is 5.17. The van der Waals surface area contributed by atoms with E-state index in [4.69, 9.17) is 4.52 Å². The first-order chi connectivity index (χ1) is 10.7. The molecule has 0 amide bonds. The third-order valence-electron chi connectivity index (χ3n) is 3.10. The van der Waals surface area contributed by atoms with Crippen molar-refractivity contribution in [2.24, 2.45) is 0 Å². The van der Waals surface area contributed by atoms with E-state index in [9.17, 15) is 0 Å². The maximum absolute atomic E-state index is 5.17. The molecular formula is C17H14BrN2OS. The van der Waals surface area contributed by atoms with Crippen LogP contribution in [0, 0.1) is 13.0 Å². The van der Waals surface area contributed by atoms with Gasteiger partial charge in [-0.05, 0) is 42.3 Å². The quantitative estimate of drug-likeness (QED) is 0.627. The van der Waals surface area contributed by atoms with Crippen LogP contribution in [0.4, 0.5) is 0 Å². The average Bonchev–Trinajstić information content (AvgIpc) is 2.95. The van der Waals surface area contributed by atoms with Gasteiger partial charge in [0.2, 0.25) is 0 Å². The van der Waals surface area contributed by atoms with E-state index in [2.05, 4.69) is 56.4 Å². The van der Waals surface area contributed by atoms with Crippen LogP contribution in [-0.4, -0.2) is 10.1 Å². The van der Waals surface area contributed by atoms with Gasteiger partial charge in [-0.15, -0.1) is 0 Å². The summed E-state index contributed by atoms with van der Waals surface area (Å²) in [6, 6.07) is 17.5. The molecule has 0 saturated heterocycles. The summed E-state index contributed by atoms with van der Waals surface area (Å²) in [5.74, 6) is 3.18. The molecule has 0 unspecified atom stereocenters. The molecule has 0 N–H and O–H groups in total. The average molecular weight is 374 g/mol. The van der Waals surface area contributed by atoms with Crippen LogP contribution in [0.25, 0.3) is 11.5 Å². The molecule has 0 bridgehead atoms. The molecule has 1 radical (unpaired) electrons. The minimum absolute atomic E-state index is 0.571. The number of hydrogen-bond acceptors (Lipinski definition) is 4. The third-order valence-corrected chi connectivity index (χ3v) is 4.63. The van der Waals surface area contributed by atoms with Crippen molar-refractivity contribution in [2.75, 3.05) is 0 Å². The zero-order valence-electron chi connectivity index (χ0n) is 12.0. The molecule has 0 atom stereocenters. The fourth-order valence-electron chi connectivity index (χ4n) is 2.02. The Bertz CT molecular complexity index is 755. The second-order valence-corrected chi connectivity index (χ2v) is 6.72. The predicted molar refractivity (Wildman–Crippen MR) is 92.4 cm³/mol. The zero-order valence-corrected chi connectivity index (χ0v) is 14.4. The first-order valence-electron chi connectivity index (χ1n) is 6.84. The third kappa shape index (κ3) is 3.99. The molecule has 0 fully saturated rings. The largest absolute Gasteiger partial charge is 0.334 e. The van der Waals surface area contributed by atoms with Crippen LogP contribution in [0.15, 0.2) is 51.5 Å². The van der Waals surface area contributed by atoms with E-state index in [1.807, 2.05) is 36.9 Å². The molecule has 5 heteroatoms. The fourth-order valence-corrected chi connectivity index (χ4v) is 3.39. The van der Waals surface area contributed by atoms with Crippen molar-refractivity contribution < 1.29 is 4.52 Å². The lowest BCUT2D eigenvalue weighted by molar-refractivity contribution is 0.425. The Hall–Kier alpha value is -1.59. The van der Waals surface area contributed by atoms with Gasteiger partial charge in [-0.1, -0.05) is 45.4 Å². The minimum atomic E-state index is 0.571. The van der Waals surface area contributed by atoms with Gasteiger partial charge in [0.15, 0.2) is 5.82 Å². The highest BCUT2D eigenvalue weighted by Gasteiger charge is 2.05. The van der Waals surface area contributed by atoms with E-state index in [0.717, 1.165) is 21.5 Å². The van der Waals surface area contributed by atoms with E-state index >= 15 is 0 Å². The number of aryl methyl sites for hydroxylation is 1. The molecule has 2 aromatic carbocycles. The number of hydrogen-bond donors (Lipinski definition) is 0. The van der Waals surface area contributed by atoms with Gasteiger partial charge in [0.25, 0.3) is 5.89 Å². The fraction of sp³-hybridized carbons (Fsp3) is 0.176. The van der Waals surface area contributed by atoms with Crippen molar-refractivity contribution in [1.29, 1.82) is 0 Å². The number of thioether (sulfide) groups is 1. The molecule has 1 heterocycles. The Kier molecular flexibility index (Phi) is 4.95. The van der Waals surface area contributed by atoms with E-state index < -0.39 is 0 Å². The molecule has 0 saturated carbocycles. The van der Waals surface area contributed by atoms with Crippen LogP contribution < -0.4 is 0 Å². The van der Waals surface area contributed by atoms with Crippen LogP contribution in [-0.2, 0) is 11.5 Å². The normalized spacial score (nSPS) is 10.8. The summed E-state index contributed by atoms with van der Waals surface area (Å²) in [5.41, 5.74) is 3.54. The van der Waals surface area contributed by atoms with Gasteiger partial charge < -0.3 is 4.52 Å². The highest BCUT2D eigenvalue weighted by molar-refractivity contribution is 9.10. The molecule has 22 heavy (non-hydrogen) atoms. The number of nitrogens with zero attached hydrogens (tertiary/aromatic N) is 2. The van der Waals surface area contributed by atoms with Crippen molar-refractivity contribution in [3.05, 3.63) is 70.0 Å². The second-order valence-electron chi connectivity index (χ2n) is 4.88. The highest BCUT2D eigenvalue weighted by Crippen LogP contribution is 2.22. The second kappa shape index (κ2) is 7.11. The summed E-state index contributed by atoms with van der Waals surface area (Å²) in [6.07, 6.45) is 0. The standard InChI is InChI=1S/C17H14BrN2OS/c1-12-19-17(21-20-12)15-7-5-13(6-8-15)10-22-11-14-3-2-4-16(18)9-14/h2-3,5-9H,10-11H2,1H3. The Morgan fingerprint density at radius 3 is 2.59 bits per heavy atom. The smallest absolute Gasteiger partial charge is 0.257 e. The molecule has 1 aromatic heterocycles. The van der Waals surface area contributed by atoms with Crippen molar-refractivity contribution in [3.8, 4) is 11.5 Å². The van der Waals surface area contributed by atoms with Crippen molar-refractivity contribution in [1.82, 2.24) is 10.1 Å². The summed E-state index contributed by atoms with van der Waals surface area (Å²) in [7, 11) is 0. The Morgan fingerprint density at radius 2 is 1.91 bits per heavy atom. The van der Waals surface area contributed by atoms with Gasteiger partial charge >= 0.3 is 0 Å². The van der Waals surface area contributed by atoms with Gasteiger partial charge in [0, 0.05) is 21.5 Å². The molecule has 0 aliphatic carbocycles. The number of aromatic nitrogens is 2. The Labute approximate surface area is 142 Å². The molecule has 3 rings (SSSR count). The molecule has 0 aliphatic rings. The van der Waals surface area contributed by atoms with Crippen LogP contribution in [0.2, 0.25) is 0 Å². The number of rotatable bonds is 5. The number of halogens is 1. The predicted octanol–water partition coefficient (Wildman–Crippen LogP) is 5.04. The van der Waals surface area contributed by atoms with Gasteiger partial charge in [-0.3, -0.25) is 0 Å². The van der Waals surface area contributed by atoms with Crippen LogP contribution >= 0.6 is 27.7 Å². The molecule has 3 aromatic rings. The Morgan fingerprint density at radius 1 is 1.14 bits per heavy atom. The lowest BCUT2D eigenvalue weighted by atomic mass is 10.1. The van der Waals surface area contributed by atoms with Gasteiger partial charge in [-0.25, -0.2) is 0 Å². The van der Waals surface area contributed by atoms with Crippen LogP contribution in [0.1, 0.15) is 17.0 Å². The van der Waals surface area contributed by atoms with Gasteiger partial charge in [-0.2, -0.15) is 16.7 Å². The lowest BCUT2D eigenvalue weighted by Gasteiger charge is -2.03. The maximum Gasteiger partial charge on any atom is 0.257 e. The first-order valence-corrected chi connectivity index (χ1v) is 8.79. The lowest BCUT2D eigenvalue weighted by Crippen LogP contribution is -1.85. The SMILES string of the molecule is Cc1noc(-c2ccc(CSCc3cc[c]c(Br)c3)cc2)n1. The van der Waals surface area contributed by atoms with E-state index in [-0.39, 0.29) is 0 Å². The Balaban J connectivity index is 1.57. The van der Waals surface area contributed by atoms with Crippen molar-refractivity contribution in [2.45, 2.75) is 18.4 Å². The molecule has 3 nitrogen and oxygen atoms in total. The van der Waals surface area contributed by atoms with Crippen molar-refractivity contribution in [3.63, 3.8) is 0 Å². The van der Waals surface area contributed by atoms with Gasteiger partial charge in [0.1, 0.15) is 0 Å². The first kappa shape index (κ1) is 15.3. The summed E-state index contributed by atoms with van der Waals surface area (Å²) in [6.45, 7) is 1.82. The summed E-state index contributed by atoms with van der Waals surface area (Å²) >= 11 is 5.33. The number of benzene rings is 2. The topological polar surface area (TPSA) is 38.9 Å². The molecule has 111 valence electrons. The summed E-state index contributed by atoms with van der Waals surface area (Å²) in [5, 5.41) is 3.81. The van der Waals surface area contributed by atoms with E-state index in [1.54, 1.807) is 0 Å². The van der Waals surface area contributed by atoms with Crippen LogP contribution in [0.5, 0.6) is 0 Å². The summed E-state index contributed by atoms with van der Waals surface area (Å²) < 4.78 is 6.17. The summed E-state index contributed by atoms with van der Waals surface area (Å²) in [4.78, 5) is 4.23. The van der Waals surface area contributed by atoms with Crippen LogP contribution in [0.3, 0.4) is 0 Å². The molecule has 0 spiro atoms. The van der Waals surface area contributed by atoms with Gasteiger partial charge in [0.05, 0.1) is 0 Å². The van der Waals surface area contributed by atoms with E-state index in [0.29, 0.717) is 11.7 Å². The molecular weight excluding hydrogens is 360 g/mol. The molecule has 0 aliphatic heterocycles. The van der Waals surface area contributed by atoms with Crippen molar-refractivity contribution >= 4 is 27.7 Å². The minimum Gasteiger partial charge on any atom is -0.334 e. The highest BCUT2D eigenvalue weighted by atomic mass is 79.9. The zero-order chi connectivity index (χ0) is 15.4. The van der Waals surface area contributed by atoms with E-state index in [1.165, 1.54) is 11.1 Å².